The first-order valence-corrected chi connectivity index (χ1v) is 6.93. The van der Waals surface area contributed by atoms with E-state index in [1.807, 2.05) is 12.1 Å². The van der Waals surface area contributed by atoms with E-state index < -0.39 is 11.2 Å². The molecule has 0 amide bonds. The molecule has 0 radical (unpaired) electrons. The summed E-state index contributed by atoms with van der Waals surface area (Å²) in [5.41, 5.74) is 0.873. The highest BCUT2D eigenvalue weighted by Crippen LogP contribution is 2.32. The number of carboxylic acid groups (broad SMARTS) is 1. The van der Waals surface area contributed by atoms with Gasteiger partial charge in [-0.1, -0.05) is 6.07 Å². The summed E-state index contributed by atoms with van der Waals surface area (Å²) in [4.78, 5) is 23.3. The number of hydrogen-bond donors (Lipinski definition) is 2. The molecule has 7 heteroatoms. The lowest BCUT2D eigenvalue weighted by molar-refractivity contribution is -0.136. The van der Waals surface area contributed by atoms with Gasteiger partial charge in [0.25, 0.3) is 0 Å². The fourth-order valence-corrected chi connectivity index (χ4v) is 2.47. The van der Waals surface area contributed by atoms with Gasteiger partial charge >= 0.3 is 5.97 Å². The standard InChI is InChI=1S/C13H14N4O2S/c1-9(12(18)19)20-11(10-4-2-5-14-8-10)17-13-15-6-3-7-16-13/h2-9,11H,1H3,(H,18,19)(H,15,16,17). The molecule has 2 heterocycles. The molecule has 0 aliphatic carbocycles. The number of anilines is 1. The summed E-state index contributed by atoms with van der Waals surface area (Å²) in [6, 6.07) is 5.41. The van der Waals surface area contributed by atoms with Gasteiger partial charge in [-0.2, -0.15) is 0 Å². The predicted octanol–water partition coefficient (Wildman–Crippen LogP) is 2.19. The molecule has 0 spiro atoms. The maximum atomic E-state index is 11.0. The van der Waals surface area contributed by atoms with E-state index in [0.29, 0.717) is 5.95 Å². The van der Waals surface area contributed by atoms with Crippen LogP contribution in [-0.4, -0.2) is 31.3 Å². The molecular formula is C13H14N4O2S. The van der Waals surface area contributed by atoms with E-state index in [2.05, 4.69) is 20.3 Å². The van der Waals surface area contributed by atoms with Gasteiger partial charge in [0.1, 0.15) is 10.6 Å². The Kier molecular flexibility index (Phi) is 4.89. The Morgan fingerprint density at radius 1 is 1.30 bits per heavy atom. The van der Waals surface area contributed by atoms with E-state index in [4.69, 9.17) is 5.11 Å². The molecule has 0 saturated carbocycles. The Bertz CT molecular complexity index is 553. The number of thioether (sulfide) groups is 1. The van der Waals surface area contributed by atoms with Gasteiger partial charge in [-0.05, 0) is 19.1 Å². The quantitative estimate of drug-likeness (QED) is 0.788. The molecule has 2 aromatic heterocycles. The SMILES string of the molecule is CC(SC(Nc1ncccn1)c1cccnc1)C(=O)O. The van der Waals surface area contributed by atoms with Crippen LogP contribution in [0.1, 0.15) is 17.9 Å². The Balaban J connectivity index is 2.18. The van der Waals surface area contributed by atoms with Crippen molar-refractivity contribution >= 4 is 23.7 Å². The molecule has 20 heavy (non-hydrogen) atoms. The summed E-state index contributed by atoms with van der Waals surface area (Å²) < 4.78 is 0. The normalized spacial score (nSPS) is 13.4. The van der Waals surface area contributed by atoms with Gasteiger partial charge in [-0.25, -0.2) is 9.97 Å². The lowest BCUT2D eigenvalue weighted by atomic mass is 10.3. The van der Waals surface area contributed by atoms with Crippen molar-refractivity contribution in [3.63, 3.8) is 0 Å². The summed E-state index contributed by atoms with van der Waals surface area (Å²) >= 11 is 1.27. The number of rotatable bonds is 6. The van der Waals surface area contributed by atoms with Crippen LogP contribution >= 0.6 is 11.8 Å². The average molecular weight is 290 g/mol. The molecule has 2 atom stereocenters. The monoisotopic (exact) mass is 290 g/mol. The molecule has 0 fully saturated rings. The van der Waals surface area contributed by atoms with Crippen LogP contribution < -0.4 is 5.32 Å². The van der Waals surface area contributed by atoms with E-state index in [1.165, 1.54) is 11.8 Å². The summed E-state index contributed by atoms with van der Waals surface area (Å²) in [7, 11) is 0. The van der Waals surface area contributed by atoms with E-state index in [1.54, 1.807) is 37.8 Å². The van der Waals surface area contributed by atoms with Crippen LogP contribution in [0.5, 0.6) is 0 Å². The Hall–Kier alpha value is -2.15. The summed E-state index contributed by atoms with van der Waals surface area (Å²) in [6.45, 7) is 1.64. The van der Waals surface area contributed by atoms with Crippen molar-refractivity contribution in [2.45, 2.75) is 17.5 Å². The zero-order valence-corrected chi connectivity index (χ0v) is 11.6. The van der Waals surface area contributed by atoms with Crippen LogP contribution in [-0.2, 0) is 4.79 Å². The van der Waals surface area contributed by atoms with Crippen molar-refractivity contribution in [2.24, 2.45) is 0 Å². The minimum atomic E-state index is -0.861. The van der Waals surface area contributed by atoms with Gasteiger partial charge in [0, 0.05) is 30.4 Å². The second-order valence-corrected chi connectivity index (χ2v) is 5.45. The molecular weight excluding hydrogens is 276 g/mol. The number of carboxylic acids is 1. The second kappa shape index (κ2) is 6.85. The Labute approximate surface area is 120 Å². The summed E-state index contributed by atoms with van der Waals surface area (Å²) in [5, 5.41) is 11.3. The van der Waals surface area contributed by atoms with E-state index in [-0.39, 0.29) is 5.37 Å². The molecule has 2 N–H and O–H groups in total. The first-order valence-electron chi connectivity index (χ1n) is 5.98. The molecule has 0 saturated heterocycles. The number of nitrogens with one attached hydrogen (secondary N) is 1. The zero-order chi connectivity index (χ0) is 14.4. The van der Waals surface area contributed by atoms with Crippen molar-refractivity contribution in [3.05, 3.63) is 48.5 Å². The second-order valence-electron chi connectivity index (χ2n) is 4.00. The third kappa shape index (κ3) is 3.92. The molecule has 2 rings (SSSR count). The van der Waals surface area contributed by atoms with Gasteiger partial charge in [0.2, 0.25) is 5.95 Å². The van der Waals surface area contributed by atoms with Crippen molar-refractivity contribution in [3.8, 4) is 0 Å². The number of hydrogen-bond acceptors (Lipinski definition) is 6. The maximum Gasteiger partial charge on any atom is 0.316 e. The number of pyridine rings is 1. The average Bonchev–Trinajstić information content (AvgIpc) is 2.48. The van der Waals surface area contributed by atoms with Gasteiger partial charge < -0.3 is 10.4 Å². The first-order chi connectivity index (χ1) is 9.66. The maximum absolute atomic E-state index is 11.0. The van der Waals surface area contributed by atoms with Crippen molar-refractivity contribution < 1.29 is 9.90 Å². The van der Waals surface area contributed by atoms with Crippen molar-refractivity contribution in [2.75, 3.05) is 5.32 Å². The molecule has 6 nitrogen and oxygen atoms in total. The van der Waals surface area contributed by atoms with Crippen LogP contribution in [0.25, 0.3) is 0 Å². The minimum Gasteiger partial charge on any atom is -0.480 e. The molecule has 0 aliphatic heterocycles. The Morgan fingerprint density at radius 2 is 2.05 bits per heavy atom. The molecule has 2 unspecified atom stereocenters. The summed E-state index contributed by atoms with van der Waals surface area (Å²) in [5.74, 6) is -0.411. The van der Waals surface area contributed by atoms with Gasteiger partial charge in [0.15, 0.2) is 0 Å². The van der Waals surface area contributed by atoms with Gasteiger partial charge in [-0.3, -0.25) is 9.78 Å². The number of nitrogens with zero attached hydrogens (tertiary/aromatic N) is 3. The van der Waals surface area contributed by atoms with Crippen LogP contribution in [0.4, 0.5) is 5.95 Å². The largest absolute Gasteiger partial charge is 0.480 e. The highest BCUT2D eigenvalue weighted by atomic mass is 32.2. The minimum absolute atomic E-state index is 0.280. The highest BCUT2D eigenvalue weighted by molar-refractivity contribution is 8.00. The topological polar surface area (TPSA) is 88.0 Å². The van der Waals surface area contributed by atoms with Crippen molar-refractivity contribution in [1.82, 2.24) is 15.0 Å². The lowest BCUT2D eigenvalue weighted by Crippen LogP contribution is -2.18. The fourth-order valence-electron chi connectivity index (χ4n) is 1.48. The molecule has 0 aromatic carbocycles. The molecule has 104 valence electrons. The van der Waals surface area contributed by atoms with Crippen LogP contribution in [0, 0.1) is 0 Å². The third-order valence-electron chi connectivity index (χ3n) is 2.50. The van der Waals surface area contributed by atoms with Crippen LogP contribution in [0.3, 0.4) is 0 Å². The van der Waals surface area contributed by atoms with Gasteiger partial charge in [0.05, 0.1) is 0 Å². The molecule has 0 bridgehead atoms. The number of aliphatic carboxylic acids is 1. The predicted molar refractivity (Wildman–Crippen MR) is 77.3 cm³/mol. The highest BCUT2D eigenvalue weighted by Gasteiger charge is 2.21. The van der Waals surface area contributed by atoms with Crippen molar-refractivity contribution in [1.29, 1.82) is 0 Å². The lowest BCUT2D eigenvalue weighted by Gasteiger charge is -2.20. The number of carbonyl (C=O) groups is 1. The van der Waals surface area contributed by atoms with Gasteiger partial charge in [-0.15, -0.1) is 11.8 Å². The zero-order valence-electron chi connectivity index (χ0n) is 10.8. The van der Waals surface area contributed by atoms with E-state index in [0.717, 1.165) is 5.56 Å². The number of aromatic nitrogens is 3. The first kappa shape index (κ1) is 14.3. The molecule has 0 aliphatic rings. The summed E-state index contributed by atoms with van der Waals surface area (Å²) in [6.07, 6.45) is 6.62. The fraction of sp³-hybridized carbons (Fsp3) is 0.231. The molecule has 2 aromatic rings. The Morgan fingerprint density at radius 3 is 2.65 bits per heavy atom. The van der Waals surface area contributed by atoms with Crippen LogP contribution in [0.15, 0.2) is 43.0 Å². The smallest absolute Gasteiger partial charge is 0.316 e. The van der Waals surface area contributed by atoms with E-state index in [9.17, 15) is 4.79 Å². The van der Waals surface area contributed by atoms with E-state index >= 15 is 0 Å². The third-order valence-corrected chi connectivity index (χ3v) is 3.77. The van der Waals surface area contributed by atoms with Crippen LogP contribution in [0.2, 0.25) is 0 Å².